The maximum absolute atomic E-state index is 12.7. The van der Waals surface area contributed by atoms with Gasteiger partial charge in [0.05, 0.1) is 0 Å². The number of ether oxygens (including phenoxy) is 1. The molecule has 0 spiro atoms. The third-order valence-electron chi connectivity index (χ3n) is 5.17. The third-order valence-corrected chi connectivity index (χ3v) is 5.93. The molecule has 1 saturated carbocycles. The highest BCUT2D eigenvalue weighted by molar-refractivity contribution is 7.12. The lowest BCUT2D eigenvalue weighted by Crippen LogP contribution is -2.45. The molecule has 2 heterocycles. The number of hydrogen-bond acceptors (Lipinski definition) is 6. The van der Waals surface area contributed by atoms with Crippen molar-refractivity contribution in [1.82, 2.24) is 14.9 Å². The number of amides is 1. The number of thiazole rings is 1. The van der Waals surface area contributed by atoms with Crippen molar-refractivity contribution >= 4 is 29.0 Å². The average molecular weight is 404 g/mol. The van der Waals surface area contributed by atoms with Gasteiger partial charge in [0.1, 0.15) is 6.04 Å². The molecular weight excluding hydrogens is 378 g/mol. The molecule has 3 rings (SSSR count). The van der Waals surface area contributed by atoms with Gasteiger partial charge in [-0.25, -0.2) is 9.78 Å². The van der Waals surface area contributed by atoms with Gasteiger partial charge in [-0.15, -0.1) is 11.3 Å². The van der Waals surface area contributed by atoms with Crippen LogP contribution in [0.1, 0.15) is 54.4 Å². The molecule has 1 atom stereocenters. The van der Waals surface area contributed by atoms with Crippen molar-refractivity contribution in [2.45, 2.75) is 52.5 Å². The number of rotatable bonds is 7. The van der Waals surface area contributed by atoms with Gasteiger partial charge in [0.15, 0.2) is 11.7 Å². The maximum atomic E-state index is 12.7. The summed E-state index contributed by atoms with van der Waals surface area (Å²) in [5, 5.41) is 5.36. The number of carbonyl (C=O) groups excluding carboxylic acids is 3. The number of aryl methyl sites for hydroxylation is 1. The van der Waals surface area contributed by atoms with Crippen LogP contribution in [0.15, 0.2) is 17.6 Å². The summed E-state index contributed by atoms with van der Waals surface area (Å²) in [5.74, 6) is -1.00. The van der Waals surface area contributed by atoms with Crippen LogP contribution in [-0.4, -0.2) is 39.9 Å². The fourth-order valence-corrected chi connectivity index (χ4v) is 4.60. The maximum Gasteiger partial charge on any atom is 0.329 e. The molecular formula is C20H25N3O4S. The Morgan fingerprint density at radius 3 is 2.64 bits per heavy atom. The summed E-state index contributed by atoms with van der Waals surface area (Å²) in [4.78, 5) is 41.0. The summed E-state index contributed by atoms with van der Waals surface area (Å²) in [6, 6.07) is 1.10. The predicted molar refractivity (Wildman–Crippen MR) is 106 cm³/mol. The minimum absolute atomic E-state index is 0.0708. The van der Waals surface area contributed by atoms with Crippen molar-refractivity contribution in [1.29, 1.82) is 0 Å². The normalized spacial score (nSPS) is 15.4. The van der Waals surface area contributed by atoms with Gasteiger partial charge in [-0.2, -0.15) is 0 Å². The van der Waals surface area contributed by atoms with E-state index in [1.807, 2.05) is 23.8 Å². The molecule has 8 heteroatoms. The van der Waals surface area contributed by atoms with Gasteiger partial charge in [0, 0.05) is 35.5 Å². The van der Waals surface area contributed by atoms with Crippen molar-refractivity contribution in [2.75, 3.05) is 6.61 Å². The van der Waals surface area contributed by atoms with Crippen LogP contribution in [0.2, 0.25) is 0 Å². The molecule has 1 amide bonds. The second kappa shape index (κ2) is 8.68. The topological polar surface area (TPSA) is 90.3 Å². The van der Waals surface area contributed by atoms with Crippen LogP contribution in [0.3, 0.4) is 0 Å². The number of ketones is 1. The van der Waals surface area contributed by atoms with E-state index >= 15 is 0 Å². The van der Waals surface area contributed by atoms with Gasteiger partial charge in [-0.1, -0.05) is 12.8 Å². The van der Waals surface area contributed by atoms with Crippen molar-refractivity contribution in [3.63, 3.8) is 0 Å². The molecule has 150 valence electrons. The van der Waals surface area contributed by atoms with E-state index in [0.29, 0.717) is 5.56 Å². The van der Waals surface area contributed by atoms with Gasteiger partial charge in [0.2, 0.25) is 11.7 Å². The lowest BCUT2D eigenvalue weighted by atomic mass is 9.98. The molecule has 1 aliphatic rings. The SMILES string of the molecule is CC(=O)NC(C(=O)OCC(=O)c1cc(C)n(-c2nccs2)c1C)C1CCCC1. The highest BCUT2D eigenvalue weighted by atomic mass is 32.1. The molecule has 7 nitrogen and oxygen atoms in total. The minimum Gasteiger partial charge on any atom is -0.456 e. The zero-order chi connectivity index (χ0) is 20.3. The fourth-order valence-electron chi connectivity index (χ4n) is 3.85. The highest BCUT2D eigenvalue weighted by Crippen LogP contribution is 2.28. The molecule has 0 radical (unpaired) electrons. The fraction of sp³-hybridized carbons (Fsp3) is 0.500. The van der Waals surface area contributed by atoms with Gasteiger partial charge in [-0.3, -0.25) is 14.2 Å². The molecule has 1 N–H and O–H groups in total. The average Bonchev–Trinajstić information content (AvgIpc) is 3.39. The minimum atomic E-state index is -0.685. The number of carbonyl (C=O) groups is 3. The second-order valence-corrected chi connectivity index (χ2v) is 8.06. The Hall–Kier alpha value is -2.48. The first kappa shape index (κ1) is 20.3. The first-order chi connectivity index (χ1) is 13.4. The van der Waals surface area contributed by atoms with Gasteiger partial charge in [-0.05, 0) is 38.7 Å². The number of nitrogens with one attached hydrogen (secondary N) is 1. The van der Waals surface area contributed by atoms with Crippen LogP contribution in [0.25, 0.3) is 5.13 Å². The summed E-state index contributed by atoms with van der Waals surface area (Å²) in [6.45, 7) is 4.80. The second-order valence-electron chi connectivity index (χ2n) is 7.19. The Kier molecular flexibility index (Phi) is 6.28. The van der Waals surface area contributed by atoms with Crippen molar-refractivity contribution in [2.24, 2.45) is 5.92 Å². The Bertz CT molecular complexity index is 866. The van der Waals surface area contributed by atoms with E-state index in [2.05, 4.69) is 10.3 Å². The highest BCUT2D eigenvalue weighted by Gasteiger charge is 2.33. The van der Waals surface area contributed by atoms with Crippen LogP contribution < -0.4 is 5.32 Å². The number of esters is 1. The largest absolute Gasteiger partial charge is 0.456 e. The molecule has 2 aromatic heterocycles. The van der Waals surface area contributed by atoms with E-state index in [4.69, 9.17) is 4.74 Å². The molecule has 0 aromatic carbocycles. The predicted octanol–water partition coefficient (Wildman–Crippen LogP) is 2.97. The van der Waals surface area contributed by atoms with Crippen LogP contribution in [0.4, 0.5) is 0 Å². The number of aromatic nitrogens is 2. The zero-order valence-corrected chi connectivity index (χ0v) is 17.2. The quantitative estimate of drug-likeness (QED) is 0.567. The van der Waals surface area contributed by atoms with Gasteiger partial charge < -0.3 is 10.1 Å². The van der Waals surface area contributed by atoms with E-state index in [9.17, 15) is 14.4 Å². The van der Waals surface area contributed by atoms with Crippen molar-refractivity contribution < 1.29 is 19.1 Å². The first-order valence-corrected chi connectivity index (χ1v) is 10.3. The summed E-state index contributed by atoms with van der Waals surface area (Å²) in [6.07, 6.45) is 5.55. The zero-order valence-electron chi connectivity index (χ0n) is 16.4. The molecule has 1 fully saturated rings. The van der Waals surface area contributed by atoms with Gasteiger partial charge in [0.25, 0.3) is 0 Å². The van der Waals surface area contributed by atoms with Crippen LogP contribution in [0.5, 0.6) is 0 Å². The monoisotopic (exact) mass is 403 g/mol. The molecule has 0 bridgehead atoms. The Morgan fingerprint density at radius 2 is 2.04 bits per heavy atom. The molecule has 1 aliphatic carbocycles. The number of Topliss-reactive ketones (excluding diaryl/α,β-unsaturated/α-hetero) is 1. The van der Waals surface area contributed by atoms with E-state index in [0.717, 1.165) is 42.2 Å². The summed E-state index contributed by atoms with van der Waals surface area (Å²) in [7, 11) is 0. The lowest BCUT2D eigenvalue weighted by molar-refractivity contribution is -0.148. The Morgan fingerprint density at radius 1 is 1.32 bits per heavy atom. The molecule has 28 heavy (non-hydrogen) atoms. The molecule has 1 unspecified atom stereocenters. The Labute approximate surface area is 168 Å². The van der Waals surface area contributed by atoms with Crippen molar-refractivity contribution in [3.8, 4) is 5.13 Å². The summed E-state index contributed by atoms with van der Waals surface area (Å²) >= 11 is 1.49. The standard InChI is InChI=1S/C20H25N3O4S/c1-12-10-16(13(2)23(12)20-21-8-9-28-20)17(25)11-27-19(26)18(22-14(3)24)15-6-4-5-7-15/h8-10,15,18H,4-7,11H2,1-3H3,(H,22,24). The Balaban J connectivity index is 1.68. The van der Waals surface area contributed by atoms with E-state index in [1.165, 1.54) is 18.3 Å². The lowest BCUT2D eigenvalue weighted by Gasteiger charge is -2.22. The van der Waals surface area contributed by atoms with Gasteiger partial charge >= 0.3 is 5.97 Å². The van der Waals surface area contributed by atoms with Crippen LogP contribution >= 0.6 is 11.3 Å². The summed E-state index contributed by atoms with van der Waals surface area (Å²) in [5.41, 5.74) is 2.17. The number of hydrogen-bond donors (Lipinski definition) is 1. The van der Waals surface area contributed by atoms with E-state index in [1.54, 1.807) is 12.3 Å². The van der Waals surface area contributed by atoms with E-state index in [-0.39, 0.29) is 24.2 Å². The first-order valence-electron chi connectivity index (χ1n) is 9.44. The smallest absolute Gasteiger partial charge is 0.329 e. The van der Waals surface area contributed by atoms with Crippen LogP contribution in [-0.2, 0) is 14.3 Å². The number of nitrogens with zero attached hydrogens (tertiary/aromatic N) is 2. The molecule has 2 aromatic rings. The van der Waals surface area contributed by atoms with Crippen LogP contribution in [0, 0.1) is 19.8 Å². The van der Waals surface area contributed by atoms with E-state index < -0.39 is 12.0 Å². The summed E-state index contributed by atoms with van der Waals surface area (Å²) < 4.78 is 7.22. The van der Waals surface area contributed by atoms with Crippen molar-refractivity contribution in [3.05, 3.63) is 34.6 Å². The molecule has 0 aliphatic heterocycles. The molecule has 0 saturated heterocycles. The third kappa shape index (κ3) is 4.32.